The molecule has 0 amide bonds. The number of aromatic nitrogens is 4. The number of aromatic amines is 1. The van der Waals surface area contributed by atoms with Crippen molar-refractivity contribution in [3.8, 4) is 0 Å². The highest BCUT2D eigenvalue weighted by Gasteiger charge is 2.27. The van der Waals surface area contributed by atoms with Gasteiger partial charge in [0.2, 0.25) is 15.2 Å². The fourth-order valence-electron chi connectivity index (χ4n) is 3.54. The molecule has 1 aliphatic heterocycles. The third-order valence-electron chi connectivity index (χ3n) is 5.27. The Morgan fingerprint density at radius 2 is 1.88 bits per heavy atom. The van der Waals surface area contributed by atoms with Crippen LogP contribution in [0.25, 0.3) is 22.1 Å². The molecule has 1 fully saturated rings. The van der Waals surface area contributed by atoms with Gasteiger partial charge in [0.1, 0.15) is 5.52 Å². The van der Waals surface area contributed by atoms with Gasteiger partial charge in [-0.25, -0.2) is 13.4 Å². The maximum atomic E-state index is 13.0. The molecule has 0 atom stereocenters. The summed E-state index contributed by atoms with van der Waals surface area (Å²) in [6, 6.07) is 12.0. The van der Waals surface area contributed by atoms with Gasteiger partial charge in [-0.05, 0) is 30.3 Å². The number of nitrogens with one attached hydrogen (secondary N) is 1. The predicted octanol–water partition coefficient (Wildman–Crippen LogP) is 3.26. The lowest BCUT2D eigenvalue weighted by molar-refractivity contribution is 0.0730. The van der Waals surface area contributed by atoms with Crippen LogP contribution in [0, 0.1) is 0 Å². The largest absolute Gasteiger partial charge is 0.379 e. The normalized spacial score (nSPS) is 15.3. The Balaban J connectivity index is 1.39. The monoisotopic (exact) mass is 547 g/mol. The highest BCUT2D eigenvalue weighted by molar-refractivity contribution is 9.10. The molecule has 1 aliphatic rings. The first-order valence-electron chi connectivity index (χ1n) is 10.1. The smallest absolute Gasteiger partial charge is 0.243 e. The van der Waals surface area contributed by atoms with Crippen LogP contribution in [0.5, 0.6) is 0 Å². The van der Waals surface area contributed by atoms with Crippen molar-refractivity contribution in [3.05, 3.63) is 52.5 Å². The van der Waals surface area contributed by atoms with Gasteiger partial charge in [-0.2, -0.15) is 4.31 Å². The molecule has 0 radical (unpaired) electrons. The van der Waals surface area contributed by atoms with Crippen LogP contribution in [0.4, 0.5) is 0 Å². The molecule has 0 unspecified atom stereocenters. The summed E-state index contributed by atoms with van der Waals surface area (Å²) >= 11 is 4.55. The SMILES string of the molecule is O=C(CSc1nnc2c(n1)[nH]c1ccc(S(=O)(=O)N3CCOCC3)cc12)c1ccc(Br)cc1. The van der Waals surface area contributed by atoms with E-state index in [0.29, 0.717) is 59.1 Å². The van der Waals surface area contributed by atoms with Gasteiger partial charge in [0.05, 0.1) is 23.9 Å². The van der Waals surface area contributed by atoms with Gasteiger partial charge in [0.25, 0.3) is 0 Å². The summed E-state index contributed by atoms with van der Waals surface area (Å²) in [5, 5.41) is 9.38. The number of Topliss-reactive ketones (excluding diaryl/α,β-unsaturated/α-hetero) is 1. The Kier molecular flexibility index (Phi) is 6.18. The maximum Gasteiger partial charge on any atom is 0.243 e. The van der Waals surface area contributed by atoms with Crippen LogP contribution in [-0.4, -0.2) is 70.7 Å². The summed E-state index contributed by atoms with van der Waals surface area (Å²) < 4.78 is 33.6. The number of nitrogens with zero attached hydrogens (tertiary/aromatic N) is 4. The van der Waals surface area contributed by atoms with Crippen LogP contribution >= 0.6 is 27.7 Å². The Labute approximate surface area is 202 Å². The number of hydrogen-bond donors (Lipinski definition) is 1. The molecule has 0 saturated carbocycles. The molecule has 1 saturated heterocycles. The number of sulfonamides is 1. The number of morpholine rings is 1. The summed E-state index contributed by atoms with van der Waals surface area (Å²) in [4.78, 5) is 20.2. The fraction of sp³-hybridized carbons (Fsp3) is 0.238. The van der Waals surface area contributed by atoms with E-state index in [-0.39, 0.29) is 16.4 Å². The van der Waals surface area contributed by atoms with Gasteiger partial charge in [-0.15, -0.1) is 10.2 Å². The molecule has 5 rings (SSSR count). The average Bonchev–Trinajstić information content (AvgIpc) is 3.20. The quantitative estimate of drug-likeness (QED) is 0.288. The van der Waals surface area contributed by atoms with E-state index in [1.165, 1.54) is 16.1 Å². The molecular weight excluding hydrogens is 530 g/mol. The topological polar surface area (TPSA) is 118 Å². The number of rotatable bonds is 6. The second-order valence-corrected chi connectivity index (χ2v) is 11.2. The van der Waals surface area contributed by atoms with E-state index in [1.54, 1.807) is 30.3 Å². The third-order valence-corrected chi connectivity index (χ3v) is 8.53. The van der Waals surface area contributed by atoms with E-state index in [4.69, 9.17) is 4.74 Å². The third kappa shape index (κ3) is 4.53. The molecule has 9 nitrogen and oxygen atoms in total. The Hall–Kier alpha value is -2.38. The van der Waals surface area contributed by atoms with Crippen molar-refractivity contribution in [2.24, 2.45) is 0 Å². The summed E-state index contributed by atoms with van der Waals surface area (Å²) in [5.74, 6) is 0.141. The lowest BCUT2D eigenvalue weighted by Gasteiger charge is -2.26. The van der Waals surface area contributed by atoms with Crippen molar-refractivity contribution >= 4 is 65.6 Å². The molecular formula is C21H18BrN5O4S2. The van der Waals surface area contributed by atoms with Crippen LogP contribution in [-0.2, 0) is 14.8 Å². The Bertz CT molecular complexity index is 1450. The van der Waals surface area contributed by atoms with Crippen molar-refractivity contribution < 1.29 is 17.9 Å². The molecule has 2 aromatic heterocycles. The zero-order chi connectivity index (χ0) is 23.0. The molecule has 1 N–H and O–H groups in total. The lowest BCUT2D eigenvalue weighted by Crippen LogP contribution is -2.40. The number of halogens is 1. The summed E-state index contributed by atoms with van der Waals surface area (Å²) in [6.45, 7) is 1.42. The first kappa shape index (κ1) is 22.4. The number of carbonyl (C=O) groups is 1. The van der Waals surface area contributed by atoms with Crippen molar-refractivity contribution in [1.82, 2.24) is 24.5 Å². The highest BCUT2D eigenvalue weighted by Crippen LogP contribution is 2.28. The van der Waals surface area contributed by atoms with Gasteiger partial charge >= 0.3 is 0 Å². The van der Waals surface area contributed by atoms with Gasteiger partial charge in [-0.1, -0.05) is 39.8 Å². The van der Waals surface area contributed by atoms with Gasteiger partial charge < -0.3 is 9.72 Å². The summed E-state index contributed by atoms with van der Waals surface area (Å²) in [7, 11) is -3.63. The first-order chi connectivity index (χ1) is 15.9. The Morgan fingerprint density at radius 1 is 1.12 bits per heavy atom. The second-order valence-electron chi connectivity index (χ2n) is 7.36. The minimum atomic E-state index is -3.63. The van der Waals surface area contributed by atoms with Crippen LogP contribution < -0.4 is 0 Å². The number of H-pyrrole nitrogens is 1. The zero-order valence-electron chi connectivity index (χ0n) is 17.2. The van der Waals surface area contributed by atoms with Gasteiger partial charge in [0, 0.05) is 34.0 Å². The van der Waals surface area contributed by atoms with Gasteiger partial charge in [0.15, 0.2) is 11.4 Å². The van der Waals surface area contributed by atoms with E-state index in [0.717, 1.165) is 4.47 Å². The number of ether oxygens (including phenoxy) is 1. The molecule has 12 heteroatoms. The maximum absolute atomic E-state index is 13.0. The minimum absolute atomic E-state index is 0.0363. The van der Waals surface area contributed by atoms with Crippen LogP contribution in [0.15, 0.2) is 57.0 Å². The van der Waals surface area contributed by atoms with Crippen molar-refractivity contribution in [1.29, 1.82) is 0 Å². The standard InChI is InChI=1S/C21H18BrN5O4S2/c22-14-3-1-13(2-4-14)18(28)12-32-21-24-20-19(25-26-21)16-11-15(5-6-17(16)23-20)33(29,30)27-7-9-31-10-8-27/h1-6,11H,7-10,12H2,(H,23,24,26). The van der Waals surface area contributed by atoms with Gasteiger partial charge in [-0.3, -0.25) is 4.79 Å². The second kappa shape index (κ2) is 9.11. The molecule has 3 heterocycles. The molecule has 170 valence electrons. The molecule has 0 spiro atoms. The van der Waals surface area contributed by atoms with E-state index in [9.17, 15) is 13.2 Å². The number of ketones is 1. The van der Waals surface area contributed by atoms with Crippen LogP contribution in [0.2, 0.25) is 0 Å². The highest BCUT2D eigenvalue weighted by atomic mass is 79.9. The van der Waals surface area contributed by atoms with E-state index < -0.39 is 10.0 Å². The molecule has 2 aromatic carbocycles. The van der Waals surface area contributed by atoms with Crippen LogP contribution in [0.1, 0.15) is 10.4 Å². The van der Waals surface area contributed by atoms with E-state index in [2.05, 4.69) is 36.1 Å². The van der Waals surface area contributed by atoms with Crippen molar-refractivity contribution in [2.75, 3.05) is 32.1 Å². The van der Waals surface area contributed by atoms with E-state index in [1.807, 2.05) is 12.1 Å². The number of hydrogen-bond acceptors (Lipinski definition) is 8. The zero-order valence-corrected chi connectivity index (χ0v) is 20.4. The lowest BCUT2D eigenvalue weighted by atomic mass is 10.2. The summed E-state index contributed by atoms with van der Waals surface area (Å²) in [5.41, 5.74) is 2.28. The fourth-order valence-corrected chi connectivity index (χ4v) is 5.92. The van der Waals surface area contributed by atoms with Crippen LogP contribution in [0.3, 0.4) is 0 Å². The molecule has 0 aliphatic carbocycles. The molecule has 0 bridgehead atoms. The van der Waals surface area contributed by atoms with Crippen molar-refractivity contribution in [3.63, 3.8) is 0 Å². The predicted molar refractivity (Wildman–Crippen MR) is 128 cm³/mol. The van der Waals surface area contributed by atoms with E-state index >= 15 is 0 Å². The van der Waals surface area contributed by atoms with Crippen molar-refractivity contribution in [2.45, 2.75) is 10.1 Å². The first-order valence-corrected chi connectivity index (χ1v) is 13.3. The molecule has 4 aromatic rings. The number of benzene rings is 2. The number of carbonyl (C=O) groups excluding carboxylic acids is 1. The molecule has 33 heavy (non-hydrogen) atoms. The summed E-state index contributed by atoms with van der Waals surface area (Å²) in [6.07, 6.45) is 0. The minimum Gasteiger partial charge on any atom is -0.379 e. The Morgan fingerprint density at radius 3 is 2.64 bits per heavy atom. The average molecular weight is 548 g/mol. The number of thioether (sulfide) groups is 1. The number of fused-ring (bicyclic) bond motifs is 3.